The first-order valence-corrected chi connectivity index (χ1v) is 9.19. The van der Waals surface area contributed by atoms with Crippen LogP contribution in [0.4, 0.5) is 5.69 Å². The van der Waals surface area contributed by atoms with Gasteiger partial charge in [-0.3, -0.25) is 9.59 Å². The molecular formula is C22H20ClN3O2. The maximum atomic E-state index is 12.5. The lowest BCUT2D eigenvalue weighted by Gasteiger charge is -2.09. The number of hydrogen-bond donors (Lipinski definition) is 2. The van der Waals surface area contributed by atoms with Crippen molar-refractivity contribution in [1.82, 2.24) is 5.43 Å². The van der Waals surface area contributed by atoms with Gasteiger partial charge in [0, 0.05) is 22.0 Å². The van der Waals surface area contributed by atoms with Crippen LogP contribution in [0.5, 0.6) is 0 Å². The highest BCUT2D eigenvalue weighted by Gasteiger charge is 2.10. The van der Waals surface area contributed by atoms with Crippen LogP contribution in [0.3, 0.4) is 0 Å². The van der Waals surface area contributed by atoms with Crippen molar-refractivity contribution in [1.29, 1.82) is 0 Å². The highest BCUT2D eigenvalue weighted by Crippen LogP contribution is 2.20. The Morgan fingerprint density at radius 1 is 1.04 bits per heavy atom. The van der Waals surface area contributed by atoms with Crippen LogP contribution in [0.15, 0.2) is 65.8 Å². The van der Waals surface area contributed by atoms with Crippen LogP contribution in [0, 0.1) is 6.92 Å². The number of anilines is 1. The van der Waals surface area contributed by atoms with Crippen molar-refractivity contribution in [3.63, 3.8) is 0 Å². The Morgan fingerprint density at radius 2 is 1.79 bits per heavy atom. The molecule has 0 saturated carbocycles. The minimum atomic E-state index is -0.315. The van der Waals surface area contributed by atoms with Gasteiger partial charge in [-0.05, 0) is 54.4 Å². The lowest BCUT2D eigenvalue weighted by atomic mass is 10.0. The van der Waals surface area contributed by atoms with Crippen molar-refractivity contribution < 1.29 is 9.59 Å². The fourth-order valence-electron chi connectivity index (χ4n) is 2.86. The summed E-state index contributed by atoms with van der Waals surface area (Å²) in [7, 11) is 0. The molecule has 3 aromatic carbocycles. The Labute approximate surface area is 168 Å². The molecule has 142 valence electrons. The first-order chi connectivity index (χ1) is 13.4. The SMILES string of the molecule is CC(CC(=O)Nc1ccc(Cl)cc1C)=NNC(=O)c1cccc2ccccc12. The minimum Gasteiger partial charge on any atom is -0.326 e. The van der Waals surface area contributed by atoms with E-state index in [-0.39, 0.29) is 18.2 Å². The predicted octanol–water partition coefficient (Wildman–Crippen LogP) is 4.94. The van der Waals surface area contributed by atoms with Gasteiger partial charge in [0.1, 0.15) is 0 Å². The Balaban J connectivity index is 1.63. The Kier molecular flexibility index (Phi) is 6.06. The molecule has 6 heteroatoms. The summed E-state index contributed by atoms with van der Waals surface area (Å²) < 4.78 is 0. The van der Waals surface area contributed by atoms with Gasteiger partial charge in [-0.2, -0.15) is 5.10 Å². The zero-order chi connectivity index (χ0) is 20.1. The molecule has 0 saturated heterocycles. The molecule has 28 heavy (non-hydrogen) atoms. The van der Waals surface area contributed by atoms with E-state index >= 15 is 0 Å². The first-order valence-electron chi connectivity index (χ1n) is 8.81. The van der Waals surface area contributed by atoms with Crippen molar-refractivity contribution in [2.24, 2.45) is 5.10 Å². The van der Waals surface area contributed by atoms with Gasteiger partial charge >= 0.3 is 0 Å². The number of halogens is 1. The number of fused-ring (bicyclic) bond motifs is 1. The van der Waals surface area contributed by atoms with E-state index < -0.39 is 0 Å². The van der Waals surface area contributed by atoms with Crippen LogP contribution in [-0.2, 0) is 4.79 Å². The third-order valence-electron chi connectivity index (χ3n) is 4.26. The van der Waals surface area contributed by atoms with Crippen molar-refractivity contribution >= 4 is 45.6 Å². The minimum absolute atomic E-state index is 0.0673. The van der Waals surface area contributed by atoms with Gasteiger partial charge < -0.3 is 5.32 Å². The van der Waals surface area contributed by atoms with E-state index in [1.165, 1.54) is 0 Å². The largest absolute Gasteiger partial charge is 0.326 e. The molecule has 0 aromatic heterocycles. The standard InChI is InChI=1S/C22H20ClN3O2/c1-14-12-17(23)10-11-20(14)24-21(27)13-15(2)25-26-22(28)19-9-5-7-16-6-3-4-8-18(16)19/h3-12H,13H2,1-2H3,(H,24,27)(H,26,28). The number of nitrogens with zero attached hydrogens (tertiary/aromatic N) is 1. The Bertz CT molecular complexity index is 1070. The summed E-state index contributed by atoms with van der Waals surface area (Å²) in [6.45, 7) is 3.56. The molecule has 3 aromatic rings. The molecule has 3 rings (SSSR count). The average Bonchev–Trinajstić information content (AvgIpc) is 2.68. The molecule has 5 nitrogen and oxygen atoms in total. The number of hydrazone groups is 1. The second kappa shape index (κ2) is 8.67. The van der Waals surface area contributed by atoms with E-state index in [2.05, 4.69) is 15.8 Å². The summed E-state index contributed by atoms with van der Waals surface area (Å²) in [6, 6.07) is 18.4. The summed E-state index contributed by atoms with van der Waals surface area (Å²) >= 11 is 5.92. The lowest BCUT2D eigenvalue weighted by molar-refractivity contribution is -0.115. The summed E-state index contributed by atoms with van der Waals surface area (Å²) in [5.41, 5.74) is 5.14. The van der Waals surface area contributed by atoms with Crippen molar-refractivity contribution in [2.45, 2.75) is 20.3 Å². The molecule has 0 heterocycles. The lowest BCUT2D eigenvalue weighted by Crippen LogP contribution is -2.21. The third-order valence-corrected chi connectivity index (χ3v) is 4.50. The van der Waals surface area contributed by atoms with Crippen molar-refractivity contribution in [3.05, 3.63) is 76.8 Å². The molecule has 0 fully saturated rings. The van der Waals surface area contributed by atoms with E-state index in [0.29, 0.717) is 22.0 Å². The Hall–Kier alpha value is -3.18. The molecule has 0 aliphatic heterocycles. The molecule has 0 atom stereocenters. The van der Waals surface area contributed by atoms with E-state index in [1.807, 2.05) is 43.3 Å². The molecule has 0 bridgehead atoms. The number of amides is 2. The maximum absolute atomic E-state index is 12.5. The van der Waals surface area contributed by atoms with Crippen molar-refractivity contribution in [2.75, 3.05) is 5.32 Å². The van der Waals surface area contributed by atoms with Crippen molar-refractivity contribution in [3.8, 4) is 0 Å². The van der Waals surface area contributed by atoms with Crippen LogP contribution >= 0.6 is 11.6 Å². The van der Waals surface area contributed by atoms with Gasteiger partial charge in [0.25, 0.3) is 5.91 Å². The van der Waals surface area contributed by atoms with Gasteiger partial charge in [-0.25, -0.2) is 5.43 Å². The highest BCUT2D eigenvalue weighted by molar-refractivity contribution is 6.30. The summed E-state index contributed by atoms with van der Waals surface area (Å²) in [4.78, 5) is 24.7. The van der Waals surface area contributed by atoms with Gasteiger partial charge in [0.05, 0.1) is 6.42 Å². The van der Waals surface area contributed by atoms with Crippen LogP contribution in [0.1, 0.15) is 29.3 Å². The van der Waals surface area contributed by atoms with Gasteiger partial charge in [-0.1, -0.05) is 48.0 Å². The molecule has 0 unspecified atom stereocenters. The van der Waals surface area contributed by atoms with E-state index in [9.17, 15) is 9.59 Å². The fourth-order valence-corrected chi connectivity index (χ4v) is 3.09. The van der Waals surface area contributed by atoms with Crippen LogP contribution in [-0.4, -0.2) is 17.5 Å². The molecule has 0 spiro atoms. The number of carbonyl (C=O) groups is 2. The van der Waals surface area contributed by atoms with E-state index in [4.69, 9.17) is 11.6 Å². The smallest absolute Gasteiger partial charge is 0.271 e. The maximum Gasteiger partial charge on any atom is 0.271 e. The number of benzene rings is 3. The first kappa shape index (κ1) is 19.6. The van der Waals surface area contributed by atoms with Crippen LogP contribution < -0.4 is 10.7 Å². The zero-order valence-corrected chi connectivity index (χ0v) is 16.4. The molecular weight excluding hydrogens is 374 g/mol. The number of nitrogens with one attached hydrogen (secondary N) is 2. The predicted molar refractivity (Wildman–Crippen MR) is 114 cm³/mol. The summed E-state index contributed by atoms with van der Waals surface area (Å²) in [6.07, 6.45) is 0.0673. The average molecular weight is 394 g/mol. The number of rotatable bonds is 5. The molecule has 0 aliphatic carbocycles. The van der Waals surface area contributed by atoms with E-state index in [1.54, 1.807) is 31.2 Å². The number of carbonyl (C=O) groups excluding carboxylic acids is 2. The number of hydrogen-bond acceptors (Lipinski definition) is 3. The second-order valence-electron chi connectivity index (χ2n) is 6.50. The van der Waals surface area contributed by atoms with E-state index in [0.717, 1.165) is 16.3 Å². The van der Waals surface area contributed by atoms with Gasteiger partial charge in [0.2, 0.25) is 5.91 Å². The Morgan fingerprint density at radius 3 is 2.57 bits per heavy atom. The quantitative estimate of drug-likeness (QED) is 0.476. The topological polar surface area (TPSA) is 70.6 Å². The third kappa shape index (κ3) is 4.75. The summed E-state index contributed by atoms with van der Waals surface area (Å²) in [5.74, 6) is -0.531. The normalized spacial score (nSPS) is 11.3. The van der Waals surface area contributed by atoms with Gasteiger partial charge in [-0.15, -0.1) is 0 Å². The fraction of sp³-hybridized carbons (Fsp3) is 0.136. The zero-order valence-electron chi connectivity index (χ0n) is 15.6. The molecule has 0 aliphatic rings. The monoisotopic (exact) mass is 393 g/mol. The molecule has 2 amide bonds. The van der Waals surface area contributed by atoms with Gasteiger partial charge in [0.15, 0.2) is 0 Å². The molecule has 0 radical (unpaired) electrons. The molecule has 2 N–H and O–H groups in total. The van der Waals surface area contributed by atoms with Crippen LogP contribution in [0.2, 0.25) is 5.02 Å². The summed E-state index contributed by atoms with van der Waals surface area (Å²) in [5, 5.41) is 9.33. The van der Waals surface area contributed by atoms with Crippen LogP contribution in [0.25, 0.3) is 10.8 Å². The highest BCUT2D eigenvalue weighted by atomic mass is 35.5. The number of aryl methyl sites for hydroxylation is 1. The second-order valence-corrected chi connectivity index (χ2v) is 6.94.